The molecule has 0 spiro atoms. The van der Waals surface area contributed by atoms with Gasteiger partial charge in [-0.3, -0.25) is 0 Å². The minimum absolute atomic E-state index is 0.0633. The van der Waals surface area contributed by atoms with E-state index >= 15 is 0 Å². The summed E-state index contributed by atoms with van der Waals surface area (Å²) in [6.45, 7) is 0. The van der Waals surface area contributed by atoms with Crippen molar-refractivity contribution >= 4 is 55.5 Å². The Kier molecular flexibility index (Phi) is 3.82. The average molecular weight is 529 g/mol. The first kappa shape index (κ1) is 17.5. The van der Waals surface area contributed by atoms with Gasteiger partial charge in [-0.25, -0.2) is 15.0 Å². The number of para-hydroxylation sites is 2. The Morgan fingerprint density at radius 3 is 2.21 bits per heavy atom. The second-order valence-electron chi connectivity index (χ2n) is 9.04. The number of furan rings is 2. The number of nitrogens with zero attached hydrogens (tertiary/aromatic N) is 3. The maximum absolute atomic E-state index is 8.60. The molecule has 5 nitrogen and oxygen atoms in total. The highest BCUT2D eigenvalue weighted by atomic mass is 35.5. The molecule has 0 atom stereocenters. The second-order valence-corrected chi connectivity index (χ2v) is 9.48. The van der Waals surface area contributed by atoms with Gasteiger partial charge in [0.15, 0.2) is 17.5 Å². The van der Waals surface area contributed by atoms with Crippen molar-refractivity contribution in [2.24, 2.45) is 0 Å². The van der Waals surface area contributed by atoms with Crippen molar-refractivity contribution in [1.29, 1.82) is 0 Å². The van der Waals surface area contributed by atoms with Crippen LogP contribution in [0.4, 0.5) is 0 Å². The van der Waals surface area contributed by atoms with Gasteiger partial charge in [0.25, 0.3) is 0 Å². The van der Waals surface area contributed by atoms with E-state index in [1.165, 1.54) is 0 Å². The minimum atomic E-state index is -0.499. The van der Waals surface area contributed by atoms with Gasteiger partial charge in [-0.1, -0.05) is 78.2 Å². The monoisotopic (exact) mass is 528 g/mol. The summed E-state index contributed by atoms with van der Waals surface area (Å²) in [6.07, 6.45) is 0. The normalized spacial score (nSPS) is 13.5. The summed E-state index contributed by atoms with van der Waals surface area (Å²) in [6, 6.07) is 22.0. The molecule has 184 valence electrons. The number of halogens is 1. The fourth-order valence-electron chi connectivity index (χ4n) is 4.91. The highest BCUT2D eigenvalue weighted by molar-refractivity contribution is 6.31. The van der Waals surface area contributed by atoms with Gasteiger partial charge in [-0.2, -0.15) is 0 Å². The lowest BCUT2D eigenvalue weighted by atomic mass is 10.1. The van der Waals surface area contributed by atoms with E-state index < -0.39 is 30.2 Å². The summed E-state index contributed by atoms with van der Waals surface area (Å²) >= 11 is 6.23. The van der Waals surface area contributed by atoms with Crippen LogP contribution in [-0.4, -0.2) is 15.0 Å². The predicted molar refractivity (Wildman–Crippen MR) is 156 cm³/mol. The summed E-state index contributed by atoms with van der Waals surface area (Å²) in [5.41, 5.74) is 3.54. The zero-order chi connectivity index (χ0) is 30.3. The Morgan fingerprint density at radius 2 is 1.31 bits per heavy atom. The highest BCUT2D eigenvalue weighted by Crippen LogP contribution is 2.37. The summed E-state index contributed by atoms with van der Waals surface area (Å²) in [5, 5.41) is 4.12. The topological polar surface area (TPSA) is 65.0 Å². The Balaban J connectivity index is 1.41. The first-order valence-electron chi connectivity index (χ1n) is 14.6. The molecule has 3 aromatic heterocycles. The maximum atomic E-state index is 8.60. The molecule has 8 aromatic rings. The van der Waals surface area contributed by atoms with Crippen molar-refractivity contribution in [1.82, 2.24) is 15.0 Å². The van der Waals surface area contributed by atoms with Crippen LogP contribution in [0, 0.1) is 0 Å². The summed E-state index contributed by atoms with van der Waals surface area (Å²) in [5.74, 6) is 0.384. The third-order valence-electron chi connectivity index (χ3n) is 6.70. The summed E-state index contributed by atoms with van der Waals surface area (Å²) in [7, 11) is 0. The van der Waals surface area contributed by atoms with E-state index in [1.807, 2.05) is 66.7 Å². The van der Waals surface area contributed by atoms with Crippen LogP contribution >= 0.6 is 11.6 Å². The molecule has 0 aliphatic carbocycles. The van der Waals surface area contributed by atoms with Gasteiger partial charge in [0.1, 0.15) is 22.3 Å². The van der Waals surface area contributed by atoms with E-state index in [-0.39, 0.29) is 23.0 Å². The van der Waals surface area contributed by atoms with Crippen LogP contribution in [0.15, 0.2) is 118 Å². The van der Waals surface area contributed by atoms with E-state index in [0.717, 1.165) is 21.5 Å². The van der Waals surface area contributed by atoms with Crippen molar-refractivity contribution in [2.75, 3.05) is 0 Å². The number of rotatable bonds is 3. The molecule has 0 unspecified atom stereocenters. The maximum Gasteiger partial charge on any atom is 0.167 e. The van der Waals surface area contributed by atoms with Gasteiger partial charge in [0, 0.05) is 37.7 Å². The molecular weight excluding hydrogens is 506 g/mol. The van der Waals surface area contributed by atoms with Crippen molar-refractivity contribution < 1.29 is 15.7 Å². The molecule has 0 N–H and O–H groups in total. The highest BCUT2D eigenvalue weighted by Gasteiger charge is 2.18. The van der Waals surface area contributed by atoms with Gasteiger partial charge in [0.05, 0.1) is 12.4 Å². The molecule has 5 aromatic carbocycles. The Hall–Kier alpha value is -5.00. The Bertz CT molecular complexity index is 2460. The van der Waals surface area contributed by atoms with Crippen LogP contribution in [0.1, 0.15) is 6.85 Å². The molecule has 0 amide bonds. The number of fused-ring (bicyclic) bond motifs is 6. The number of benzene rings is 5. The fourth-order valence-corrected chi connectivity index (χ4v) is 5.08. The van der Waals surface area contributed by atoms with Crippen molar-refractivity contribution in [3.8, 4) is 34.2 Å². The van der Waals surface area contributed by atoms with Crippen LogP contribution in [0.25, 0.3) is 78.0 Å². The summed E-state index contributed by atoms with van der Waals surface area (Å²) in [4.78, 5) is 14.1. The van der Waals surface area contributed by atoms with Gasteiger partial charge >= 0.3 is 0 Å². The van der Waals surface area contributed by atoms with Crippen LogP contribution in [-0.2, 0) is 0 Å². The third kappa shape index (κ3) is 3.59. The lowest BCUT2D eigenvalue weighted by molar-refractivity contribution is 0.668. The van der Waals surface area contributed by atoms with E-state index in [1.54, 1.807) is 12.1 Å². The van der Waals surface area contributed by atoms with E-state index in [4.69, 9.17) is 32.3 Å². The second kappa shape index (κ2) is 8.51. The molecule has 0 aliphatic rings. The molecule has 0 radical (unpaired) electrons. The lowest BCUT2D eigenvalue weighted by Gasteiger charge is -2.08. The average Bonchev–Trinajstić information content (AvgIpc) is 3.60. The molecule has 6 heteroatoms. The molecule has 0 fully saturated rings. The molecule has 8 rings (SSSR count). The minimum Gasteiger partial charge on any atom is -0.456 e. The predicted octanol–water partition coefficient (Wildman–Crippen LogP) is 9.32. The van der Waals surface area contributed by atoms with E-state index in [9.17, 15) is 0 Å². The summed E-state index contributed by atoms with van der Waals surface area (Å²) < 4.78 is 54.1. The third-order valence-corrected chi connectivity index (χ3v) is 6.93. The van der Waals surface area contributed by atoms with Gasteiger partial charge in [0.2, 0.25) is 0 Å². The van der Waals surface area contributed by atoms with E-state index in [0.29, 0.717) is 38.5 Å². The largest absolute Gasteiger partial charge is 0.456 e. The molecule has 0 aliphatic heterocycles. The number of aromatic nitrogens is 3. The van der Waals surface area contributed by atoms with E-state index in [2.05, 4.69) is 9.97 Å². The van der Waals surface area contributed by atoms with Crippen molar-refractivity contribution in [2.45, 2.75) is 0 Å². The molecule has 0 saturated carbocycles. The lowest BCUT2D eigenvalue weighted by Crippen LogP contribution is -2.00. The van der Waals surface area contributed by atoms with Crippen molar-refractivity contribution in [3.05, 3.63) is 114 Å². The van der Waals surface area contributed by atoms with Gasteiger partial charge < -0.3 is 8.83 Å². The standard InChI is InChI=1S/C33H18ClN3O2/c34-21-14-16-28-26(18-21)23-15-13-20(17-29(23)38-28)32-35-31(19-7-2-1-3-8-19)36-33(37-32)25-11-6-10-24-22-9-4-5-12-27(22)39-30(24)25/h1-18H/i1D,2D,3D,7D,8D. The van der Waals surface area contributed by atoms with Crippen LogP contribution in [0.5, 0.6) is 0 Å². The van der Waals surface area contributed by atoms with Gasteiger partial charge in [-0.15, -0.1) is 0 Å². The molecule has 0 saturated heterocycles. The number of hydrogen-bond donors (Lipinski definition) is 0. The van der Waals surface area contributed by atoms with Crippen molar-refractivity contribution in [3.63, 3.8) is 0 Å². The first-order chi connectivity index (χ1) is 21.3. The molecule has 0 bridgehead atoms. The van der Waals surface area contributed by atoms with Gasteiger partial charge in [-0.05, 0) is 42.5 Å². The zero-order valence-corrected chi connectivity index (χ0v) is 20.8. The fraction of sp³-hybridized carbons (Fsp3) is 0. The zero-order valence-electron chi connectivity index (χ0n) is 25.0. The molecule has 39 heavy (non-hydrogen) atoms. The molecule has 3 heterocycles. The molecular formula is C33H18ClN3O2. The van der Waals surface area contributed by atoms with Crippen LogP contribution in [0.3, 0.4) is 0 Å². The smallest absolute Gasteiger partial charge is 0.167 e. The Labute approximate surface area is 234 Å². The first-order valence-corrected chi connectivity index (χ1v) is 12.5. The Morgan fingerprint density at radius 1 is 0.564 bits per heavy atom. The van der Waals surface area contributed by atoms with Crippen LogP contribution < -0.4 is 0 Å². The quantitative estimate of drug-likeness (QED) is 0.228. The SMILES string of the molecule is [2H]c1c([2H])c([2H])c(-c2nc(-c3ccc4c(c3)oc3ccc(Cl)cc34)nc(-c3cccc4c3oc3ccccc34)n2)c([2H])c1[2H]. The number of hydrogen-bond acceptors (Lipinski definition) is 5. The van der Waals surface area contributed by atoms with Crippen LogP contribution in [0.2, 0.25) is 5.02 Å².